The van der Waals surface area contributed by atoms with Crippen molar-refractivity contribution >= 4 is 69.0 Å². The first-order chi connectivity index (χ1) is 15.9. The third kappa shape index (κ3) is 4.46. The van der Waals surface area contributed by atoms with Gasteiger partial charge in [0.25, 0.3) is 0 Å². The molecule has 0 aliphatic heterocycles. The quantitative estimate of drug-likeness (QED) is 0.278. The Hall–Kier alpha value is -2.94. The Kier molecular flexibility index (Phi) is 5.82. The van der Waals surface area contributed by atoms with E-state index in [4.69, 9.17) is 23.1 Å². The highest BCUT2D eigenvalue weighted by molar-refractivity contribution is 7.16. The zero-order valence-electron chi connectivity index (χ0n) is 18.3. The number of anilines is 4. The summed E-state index contributed by atoms with van der Waals surface area (Å²) in [6.45, 7) is 4.38. The second-order valence-electron chi connectivity index (χ2n) is 7.99. The molecule has 4 aromatic rings. The lowest BCUT2D eigenvalue weighted by Crippen LogP contribution is -2.06. The maximum absolute atomic E-state index is 6.30. The van der Waals surface area contributed by atoms with Crippen molar-refractivity contribution in [1.82, 2.24) is 15.0 Å². The summed E-state index contributed by atoms with van der Waals surface area (Å²) in [6, 6.07) is 12.6. The first kappa shape index (κ1) is 21.9. The lowest BCUT2D eigenvalue weighted by molar-refractivity contribution is 0.941. The lowest BCUT2D eigenvalue weighted by atomic mass is 9.97. The highest BCUT2D eigenvalue weighted by atomic mass is 35.5. The summed E-state index contributed by atoms with van der Waals surface area (Å²) in [4.78, 5) is 15.8. The van der Waals surface area contributed by atoms with Crippen LogP contribution in [0.5, 0.6) is 0 Å². The molecule has 0 spiro atoms. The van der Waals surface area contributed by atoms with Crippen molar-refractivity contribution in [1.29, 1.82) is 0 Å². The minimum atomic E-state index is 0.0868. The molecule has 0 saturated carbocycles. The number of benzene rings is 1. The molecule has 6 nitrogen and oxygen atoms in total. The van der Waals surface area contributed by atoms with Gasteiger partial charge in [0.15, 0.2) is 0 Å². The highest BCUT2D eigenvalue weighted by Gasteiger charge is 2.23. The van der Waals surface area contributed by atoms with Crippen molar-refractivity contribution in [2.24, 2.45) is 0 Å². The van der Waals surface area contributed by atoms with Gasteiger partial charge in [0, 0.05) is 20.3 Å². The van der Waals surface area contributed by atoms with E-state index in [-0.39, 0.29) is 11.9 Å². The van der Waals surface area contributed by atoms with Crippen LogP contribution in [-0.4, -0.2) is 15.0 Å². The molecule has 168 valence electrons. The van der Waals surface area contributed by atoms with Crippen LogP contribution in [0.1, 0.15) is 40.1 Å². The summed E-state index contributed by atoms with van der Waals surface area (Å²) in [5.74, 6) is 0.499. The summed E-state index contributed by atoms with van der Waals surface area (Å²) in [5, 5.41) is 3.12. The van der Waals surface area contributed by atoms with Crippen LogP contribution >= 0.6 is 34.3 Å². The summed E-state index contributed by atoms with van der Waals surface area (Å²) < 4.78 is 0.861. The topological polar surface area (TPSA) is 103 Å². The third-order valence-electron chi connectivity index (χ3n) is 5.77. The molecule has 0 radical (unpaired) electrons. The molecule has 0 unspecified atom stereocenters. The molecule has 3 aromatic heterocycles. The monoisotopic (exact) mass is 494 g/mol. The van der Waals surface area contributed by atoms with Crippen LogP contribution in [0.3, 0.4) is 0 Å². The van der Waals surface area contributed by atoms with E-state index in [2.05, 4.69) is 58.4 Å². The molecule has 0 bridgehead atoms. The molecule has 5 N–H and O–H groups in total. The van der Waals surface area contributed by atoms with Crippen molar-refractivity contribution in [2.75, 3.05) is 16.8 Å². The van der Waals surface area contributed by atoms with E-state index in [0.29, 0.717) is 5.95 Å². The number of nitrogens with zero attached hydrogens (tertiary/aromatic N) is 3. The molecule has 5 rings (SSSR count). The van der Waals surface area contributed by atoms with Gasteiger partial charge in [-0.2, -0.15) is 15.0 Å². The molecule has 0 amide bonds. The van der Waals surface area contributed by atoms with Crippen molar-refractivity contribution in [3.63, 3.8) is 0 Å². The fourth-order valence-electron chi connectivity index (χ4n) is 4.32. The number of allylic oxidation sites excluding steroid dienone is 2. The van der Waals surface area contributed by atoms with E-state index in [0.717, 1.165) is 22.9 Å². The second kappa shape index (κ2) is 8.78. The minimum absolute atomic E-state index is 0.0868. The molecule has 1 aliphatic rings. The number of nitrogens with one attached hydrogen (secondary N) is 1. The van der Waals surface area contributed by atoms with E-state index in [1.165, 1.54) is 48.9 Å². The maximum Gasteiger partial charge on any atom is 0.233 e. The first-order valence-electron chi connectivity index (χ1n) is 10.6. The van der Waals surface area contributed by atoms with Crippen LogP contribution < -0.4 is 16.8 Å². The number of thiophene rings is 2. The molecule has 1 aliphatic carbocycles. The normalized spacial score (nSPS) is 13.7. The Labute approximate surface area is 205 Å². The number of aromatic nitrogens is 3. The van der Waals surface area contributed by atoms with Gasteiger partial charge in [0.05, 0.1) is 4.34 Å². The molecular formula is C24H23ClN6S2. The fraction of sp³-hybridized carbons (Fsp3) is 0.208. The Morgan fingerprint density at radius 3 is 2.06 bits per heavy atom. The van der Waals surface area contributed by atoms with Crippen molar-refractivity contribution < 1.29 is 0 Å². The van der Waals surface area contributed by atoms with Crippen LogP contribution in [0.15, 0.2) is 36.4 Å². The Bertz CT molecular complexity index is 1350. The standard InChI is InChI=1S/C24H23ClN6S2/c1-12-18(16-4-3-5-17(16)19-11-21(25)33-13(19)2)10-20(32-12)14-6-8-15(9-7-14)28-24-30-22(26)29-23(27)31-24/h6-11H,3-5H2,1-2H3,(H5,26,27,28,29,30,31). The van der Waals surface area contributed by atoms with Crippen molar-refractivity contribution in [3.05, 3.63) is 61.6 Å². The van der Waals surface area contributed by atoms with Gasteiger partial charge >= 0.3 is 0 Å². The molecule has 0 fully saturated rings. The number of nitrogens with two attached hydrogens (primary N) is 2. The smallest absolute Gasteiger partial charge is 0.233 e. The average molecular weight is 495 g/mol. The van der Waals surface area contributed by atoms with Crippen LogP contribution in [-0.2, 0) is 0 Å². The van der Waals surface area contributed by atoms with E-state index < -0.39 is 0 Å². The Morgan fingerprint density at radius 2 is 1.45 bits per heavy atom. The maximum atomic E-state index is 6.30. The zero-order chi connectivity index (χ0) is 23.1. The molecule has 0 saturated heterocycles. The van der Waals surface area contributed by atoms with Gasteiger partial charge in [-0.15, -0.1) is 22.7 Å². The van der Waals surface area contributed by atoms with Crippen LogP contribution in [0.25, 0.3) is 21.6 Å². The van der Waals surface area contributed by atoms with E-state index >= 15 is 0 Å². The first-order valence-corrected chi connectivity index (χ1v) is 12.6. The van der Waals surface area contributed by atoms with E-state index in [1.54, 1.807) is 11.3 Å². The van der Waals surface area contributed by atoms with Crippen molar-refractivity contribution in [3.8, 4) is 10.4 Å². The highest BCUT2D eigenvalue weighted by Crippen LogP contribution is 2.46. The number of nitrogen functional groups attached to an aromatic ring is 2. The molecule has 0 atom stereocenters. The molecule has 33 heavy (non-hydrogen) atoms. The molecule has 9 heteroatoms. The summed E-state index contributed by atoms with van der Waals surface area (Å²) >= 11 is 9.80. The van der Waals surface area contributed by atoms with Crippen molar-refractivity contribution in [2.45, 2.75) is 33.1 Å². The predicted molar refractivity (Wildman–Crippen MR) is 141 cm³/mol. The van der Waals surface area contributed by atoms with Gasteiger partial charge in [-0.1, -0.05) is 23.7 Å². The molecular weight excluding hydrogens is 472 g/mol. The summed E-state index contributed by atoms with van der Waals surface area (Å²) in [7, 11) is 0. The second-order valence-corrected chi connectivity index (χ2v) is 11.1. The van der Waals surface area contributed by atoms with Gasteiger partial charge in [-0.3, -0.25) is 0 Å². The number of rotatable bonds is 5. The third-order valence-corrected chi connectivity index (χ3v) is 8.05. The Morgan fingerprint density at radius 1 is 0.848 bits per heavy atom. The number of aryl methyl sites for hydroxylation is 2. The van der Waals surface area contributed by atoms with Crippen LogP contribution in [0.4, 0.5) is 23.5 Å². The summed E-state index contributed by atoms with van der Waals surface area (Å²) in [5.41, 5.74) is 18.9. The van der Waals surface area contributed by atoms with Gasteiger partial charge < -0.3 is 16.8 Å². The van der Waals surface area contributed by atoms with Gasteiger partial charge in [-0.25, -0.2) is 0 Å². The number of hydrogen-bond acceptors (Lipinski definition) is 8. The van der Waals surface area contributed by atoms with Gasteiger partial charge in [0.2, 0.25) is 17.8 Å². The van der Waals surface area contributed by atoms with Crippen LogP contribution in [0, 0.1) is 13.8 Å². The largest absolute Gasteiger partial charge is 0.368 e. The number of hydrogen-bond donors (Lipinski definition) is 3. The van der Waals surface area contributed by atoms with E-state index in [9.17, 15) is 0 Å². The summed E-state index contributed by atoms with van der Waals surface area (Å²) in [6.07, 6.45) is 3.41. The van der Waals surface area contributed by atoms with Gasteiger partial charge in [0.1, 0.15) is 0 Å². The zero-order valence-corrected chi connectivity index (χ0v) is 20.7. The van der Waals surface area contributed by atoms with Gasteiger partial charge in [-0.05, 0) is 85.2 Å². The molecule has 1 aromatic carbocycles. The average Bonchev–Trinajstić information content (AvgIpc) is 3.45. The number of halogens is 1. The Balaban J connectivity index is 1.43. The predicted octanol–water partition coefficient (Wildman–Crippen LogP) is 6.93. The fourth-order valence-corrected chi connectivity index (χ4v) is 6.59. The van der Waals surface area contributed by atoms with Crippen LogP contribution in [0.2, 0.25) is 4.34 Å². The van der Waals surface area contributed by atoms with E-state index in [1.807, 2.05) is 23.5 Å². The minimum Gasteiger partial charge on any atom is -0.368 e. The lowest BCUT2D eigenvalue weighted by Gasteiger charge is -2.07. The molecule has 3 heterocycles. The SMILES string of the molecule is Cc1sc(Cl)cc1C1=C(c2cc(-c3ccc(Nc4nc(N)nc(N)n4)cc3)sc2C)CCC1.